The smallest absolute Gasteiger partial charge is 0.335 e. The van der Waals surface area contributed by atoms with E-state index in [1.165, 1.54) is 22.6 Å². The van der Waals surface area contributed by atoms with Crippen molar-refractivity contribution in [2.24, 2.45) is 5.92 Å². The number of carbonyl (C=O) groups is 2. The molecule has 184 valence electrons. The predicted molar refractivity (Wildman–Crippen MR) is 126 cm³/mol. The zero-order valence-corrected chi connectivity index (χ0v) is 19.5. The highest BCUT2D eigenvalue weighted by Crippen LogP contribution is 2.36. The summed E-state index contributed by atoms with van der Waals surface area (Å²) in [5.74, 6) is -5.54. The third kappa shape index (κ3) is 6.86. The van der Waals surface area contributed by atoms with Gasteiger partial charge in [-0.1, -0.05) is 49.4 Å². The number of carboxylic acid groups (broad SMARTS) is 1. The Morgan fingerprint density at radius 1 is 1.06 bits per heavy atom. The summed E-state index contributed by atoms with van der Waals surface area (Å²) < 4.78 is 28.4. The molecule has 2 N–H and O–H groups in total. The van der Waals surface area contributed by atoms with Crippen LogP contribution in [0.2, 0.25) is 0 Å². The monoisotopic (exact) mass is 473 g/mol. The molecule has 1 aliphatic heterocycles. The van der Waals surface area contributed by atoms with Gasteiger partial charge in [-0.3, -0.25) is 4.79 Å². The summed E-state index contributed by atoms with van der Waals surface area (Å²) in [6.07, 6.45) is 2.62. The lowest BCUT2D eigenvalue weighted by molar-refractivity contribution is -0.148. The molecule has 1 fully saturated rings. The van der Waals surface area contributed by atoms with Crippen molar-refractivity contribution in [2.45, 2.75) is 69.9 Å². The fourth-order valence-corrected chi connectivity index (χ4v) is 4.59. The third-order valence-electron chi connectivity index (χ3n) is 6.77. The lowest BCUT2D eigenvalue weighted by Gasteiger charge is -2.26. The number of aliphatic hydroxyl groups excluding tert-OH is 1. The fourth-order valence-electron chi connectivity index (χ4n) is 4.59. The number of aromatic carboxylic acids is 1. The maximum Gasteiger partial charge on any atom is 0.335 e. The van der Waals surface area contributed by atoms with Gasteiger partial charge in [-0.05, 0) is 67.7 Å². The number of aliphatic hydroxyl groups is 1. The molecule has 0 saturated carbocycles. The maximum absolute atomic E-state index is 14.2. The van der Waals surface area contributed by atoms with Gasteiger partial charge in [-0.2, -0.15) is 8.78 Å². The molecule has 2 aromatic rings. The Morgan fingerprint density at radius 3 is 2.35 bits per heavy atom. The SMILES string of the molecule is CC(CCCc1ccccc1)C(O)CC[C@H]1CC(F)(F)C(=O)N1CCc1ccc(C(=O)O)cc1. The van der Waals surface area contributed by atoms with Crippen LogP contribution in [0, 0.1) is 5.92 Å². The van der Waals surface area contributed by atoms with E-state index in [9.17, 15) is 23.5 Å². The minimum atomic E-state index is -3.38. The van der Waals surface area contributed by atoms with Crippen molar-refractivity contribution >= 4 is 11.9 Å². The van der Waals surface area contributed by atoms with Crippen LogP contribution in [0.1, 0.15) is 60.5 Å². The second kappa shape index (κ2) is 11.6. The van der Waals surface area contributed by atoms with E-state index in [1.807, 2.05) is 25.1 Å². The standard InChI is InChI=1S/C27H33F2NO4/c1-19(6-5-9-20-7-3-2-4-8-20)24(31)15-14-23-18-27(28,29)26(34)30(23)17-16-21-10-12-22(13-11-21)25(32)33/h2-4,7-8,10-13,19,23-24,31H,5-6,9,14-18H2,1H3,(H,32,33)/t19?,23-,24?/m0/s1. The minimum absolute atomic E-state index is 0.0440. The molecule has 0 aromatic heterocycles. The van der Waals surface area contributed by atoms with Gasteiger partial charge >= 0.3 is 11.9 Å². The van der Waals surface area contributed by atoms with Crippen LogP contribution in [0.25, 0.3) is 0 Å². The van der Waals surface area contributed by atoms with Gasteiger partial charge in [0.1, 0.15) is 0 Å². The Hall–Kier alpha value is -2.80. The van der Waals surface area contributed by atoms with E-state index in [2.05, 4.69) is 12.1 Å². The van der Waals surface area contributed by atoms with Crippen LogP contribution in [0.5, 0.6) is 0 Å². The van der Waals surface area contributed by atoms with E-state index in [-0.39, 0.29) is 18.0 Å². The molecular formula is C27H33F2NO4. The number of rotatable bonds is 12. The van der Waals surface area contributed by atoms with Gasteiger partial charge in [0, 0.05) is 19.0 Å². The first-order chi connectivity index (χ1) is 16.2. The fraction of sp³-hybridized carbons (Fsp3) is 0.481. The Balaban J connectivity index is 1.49. The molecule has 1 amide bonds. The number of alkyl halides is 2. The Kier molecular flexibility index (Phi) is 8.78. The number of nitrogens with zero attached hydrogens (tertiary/aromatic N) is 1. The van der Waals surface area contributed by atoms with Crippen molar-refractivity contribution in [1.29, 1.82) is 0 Å². The number of hydrogen-bond donors (Lipinski definition) is 2. The van der Waals surface area contributed by atoms with E-state index in [0.717, 1.165) is 24.8 Å². The first-order valence-corrected chi connectivity index (χ1v) is 11.9. The lowest BCUT2D eigenvalue weighted by Crippen LogP contribution is -2.38. The van der Waals surface area contributed by atoms with Crippen molar-refractivity contribution in [3.8, 4) is 0 Å². The van der Waals surface area contributed by atoms with Crippen LogP contribution in [0.4, 0.5) is 8.78 Å². The Labute approximate surface area is 199 Å². The van der Waals surface area contributed by atoms with E-state index >= 15 is 0 Å². The first kappa shape index (κ1) is 25.8. The number of likely N-dealkylation sites (tertiary alicyclic amines) is 1. The summed E-state index contributed by atoms with van der Waals surface area (Å²) in [7, 11) is 0. The molecule has 3 rings (SSSR count). The lowest BCUT2D eigenvalue weighted by atomic mass is 9.92. The van der Waals surface area contributed by atoms with Gasteiger partial charge in [-0.15, -0.1) is 0 Å². The van der Waals surface area contributed by atoms with Crippen molar-refractivity contribution in [2.75, 3.05) is 6.54 Å². The molecule has 34 heavy (non-hydrogen) atoms. The van der Waals surface area contributed by atoms with Gasteiger partial charge in [0.25, 0.3) is 5.91 Å². The average Bonchev–Trinajstić information content (AvgIpc) is 3.04. The van der Waals surface area contributed by atoms with Crippen LogP contribution in [-0.4, -0.2) is 51.6 Å². The molecule has 7 heteroatoms. The molecule has 3 atom stereocenters. The van der Waals surface area contributed by atoms with Gasteiger partial charge in [-0.25, -0.2) is 4.79 Å². The second-order valence-electron chi connectivity index (χ2n) is 9.31. The molecule has 5 nitrogen and oxygen atoms in total. The van der Waals surface area contributed by atoms with Gasteiger partial charge in [0.05, 0.1) is 11.7 Å². The number of benzene rings is 2. The maximum atomic E-state index is 14.2. The molecule has 0 radical (unpaired) electrons. The second-order valence-corrected chi connectivity index (χ2v) is 9.31. The third-order valence-corrected chi connectivity index (χ3v) is 6.77. The molecular weight excluding hydrogens is 440 g/mol. The number of hydrogen-bond acceptors (Lipinski definition) is 3. The summed E-state index contributed by atoms with van der Waals surface area (Å²) in [4.78, 5) is 24.5. The van der Waals surface area contributed by atoms with Crippen LogP contribution in [0.3, 0.4) is 0 Å². The molecule has 1 saturated heterocycles. The highest BCUT2D eigenvalue weighted by Gasteiger charge is 2.52. The molecule has 0 spiro atoms. The normalized spacial score (nSPS) is 19.2. The van der Waals surface area contributed by atoms with E-state index in [1.54, 1.807) is 12.1 Å². The summed E-state index contributed by atoms with van der Waals surface area (Å²) in [6.45, 7) is 2.11. The molecule has 1 aliphatic rings. The largest absolute Gasteiger partial charge is 0.478 e. The van der Waals surface area contributed by atoms with Gasteiger partial charge in [0.15, 0.2) is 0 Å². The highest BCUT2D eigenvalue weighted by atomic mass is 19.3. The average molecular weight is 474 g/mol. The number of aryl methyl sites for hydroxylation is 1. The van der Waals surface area contributed by atoms with Crippen LogP contribution >= 0.6 is 0 Å². The van der Waals surface area contributed by atoms with Crippen molar-refractivity contribution in [3.63, 3.8) is 0 Å². The van der Waals surface area contributed by atoms with E-state index in [4.69, 9.17) is 5.11 Å². The summed E-state index contributed by atoms with van der Waals surface area (Å²) >= 11 is 0. The molecule has 1 heterocycles. The van der Waals surface area contributed by atoms with E-state index < -0.39 is 36.4 Å². The quantitative estimate of drug-likeness (QED) is 0.457. The van der Waals surface area contributed by atoms with Crippen molar-refractivity contribution in [3.05, 3.63) is 71.3 Å². The highest BCUT2D eigenvalue weighted by molar-refractivity contribution is 5.87. The predicted octanol–water partition coefficient (Wildman–Crippen LogP) is 4.96. The minimum Gasteiger partial charge on any atom is -0.478 e. The van der Waals surface area contributed by atoms with Gasteiger partial charge < -0.3 is 15.1 Å². The molecule has 0 aliphatic carbocycles. The zero-order valence-electron chi connectivity index (χ0n) is 19.5. The topological polar surface area (TPSA) is 77.8 Å². The Morgan fingerprint density at radius 2 is 1.71 bits per heavy atom. The summed E-state index contributed by atoms with van der Waals surface area (Å²) in [5, 5.41) is 19.6. The number of halogens is 2. The zero-order chi connectivity index (χ0) is 24.7. The number of carbonyl (C=O) groups excluding carboxylic acids is 1. The summed E-state index contributed by atoms with van der Waals surface area (Å²) in [5.41, 5.74) is 2.18. The van der Waals surface area contributed by atoms with Crippen LogP contribution < -0.4 is 0 Å². The van der Waals surface area contributed by atoms with Crippen LogP contribution in [0.15, 0.2) is 54.6 Å². The Bertz CT molecular complexity index is 949. The van der Waals surface area contributed by atoms with Gasteiger partial charge in [0.2, 0.25) is 0 Å². The first-order valence-electron chi connectivity index (χ1n) is 11.9. The number of carboxylic acids is 1. The van der Waals surface area contributed by atoms with Crippen molar-refractivity contribution in [1.82, 2.24) is 4.90 Å². The number of amides is 1. The van der Waals surface area contributed by atoms with Crippen LogP contribution in [-0.2, 0) is 17.6 Å². The molecule has 2 unspecified atom stereocenters. The van der Waals surface area contributed by atoms with E-state index in [0.29, 0.717) is 19.3 Å². The molecule has 2 aromatic carbocycles. The van der Waals surface area contributed by atoms with Crippen molar-refractivity contribution < 1.29 is 28.6 Å². The summed E-state index contributed by atoms with van der Waals surface area (Å²) in [6, 6.07) is 15.7. The molecule has 0 bridgehead atoms.